The molecule has 0 radical (unpaired) electrons. The van der Waals surface area contributed by atoms with Gasteiger partial charge in [-0.15, -0.1) is 0 Å². The number of hydrogen-bond donors (Lipinski definition) is 2. The Balaban J connectivity index is 2.44. The van der Waals surface area contributed by atoms with Crippen LogP contribution in [0.25, 0.3) is 11.8 Å². The molecule has 146 valence electrons. The first-order chi connectivity index (χ1) is 14.1. The zero-order chi connectivity index (χ0) is 21.1. The maximum absolute atomic E-state index is 8.80. The number of nitrogens with one attached hydrogen (secondary N) is 2. The van der Waals surface area contributed by atoms with Crippen LogP contribution in [-0.4, -0.2) is 16.6 Å². The predicted molar refractivity (Wildman–Crippen MR) is 127 cm³/mol. The standard InChI is InChI=1S/C26H27N3/c1-4-6-7-8-13-20-25(27)29(26(28)23-17-11-9-10-12-18-23)21(3)24-19-15-14-16-22(24)5-2/h4-9,11-20,27-28H,2-3,10H2,1H3/b6-4-,8-7-,20-13+,27-25?,28-26?. The van der Waals surface area contributed by atoms with Gasteiger partial charge in [-0.2, -0.15) is 0 Å². The van der Waals surface area contributed by atoms with E-state index in [0.717, 1.165) is 23.1 Å². The van der Waals surface area contributed by atoms with E-state index in [1.165, 1.54) is 0 Å². The highest BCUT2D eigenvalue weighted by Crippen LogP contribution is 2.25. The number of amidine groups is 2. The molecule has 29 heavy (non-hydrogen) atoms. The fraction of sp³-hybridized carbons (Fsp3) is 0.0769. The Morgan fingerprint density at radius 2 is 1.83 bits per heavy atom. The van der Waals surface area contributed by atoms with Crippen molar-refractivity contribution in [3.8, 4) is 0 Å². The molecule has 3 nitrogen and oxygen atoms in total. The molecule has 0 aliphatic heterocycles. The molecule has 0 saturated carbocycles. The minimum atomic E-state index is 0.159. The summed E-state index contributed by atoms with van der Waals surface area (Å²) >= 11 is 0. The average Bonchev–Trinajstić information content (AvgIpc) is 3.03. The van der Waals surface area contributed by atoms with Crippen LogP contribution in [0.3, 0.4) is 0 Å². The van der Waals surface area contributed by atoms with Gasteiger partial charge in [-0.05, 0) is 25.0 Å². The summed E-state index contributed by atoms with van der Waals surface area (Å²) in [7, 11) is 0. The molecule has 3 heteroatoms. The van der Waals surface area contributed by atoms with Crippen molar-refractivity contribution in [1.29, 1.82) is 10.8 Å². The first kappa shape index (κ1) is 21.6. The van der Waals surface area contributed by atoms with E-state index in [1.807, 2.05) is 85.9 Å². The lowest BCUT2D eigenvalue weighted by Gasteiger charge is -2.27. The monoisotopic (exact) mass is 381 g/mol. The quantitative estimate of drug-likeness (QED) is 0.309. The van der Waals surface area contributed by atoms with Crippen LogP contribution in [0.5, 0.6) is 0 Å². The Hall–Kier alpha value is -3.72. The zero-order valence-electron chi connectivity index (χ0n) is 16.8. The molecule has 0 unspecified atom stereocenters. The second-order valence-electron chi connectivity index (χ2n) is 6.27. The largest absolute Gasteiger partial charge is 0.284 e. The van der Waals surface area contributed by atoms with Crippen molar-refractivity contribution in [3.05, 3.63) is 121 Å². The summed E-state index contributed by atoms with van der Waals surface area (Å²) in [5, 5.41) is 17.4. The van der Waals surface area contributed by atoms with Crippen LogP contribution < -0.4 is 0 Å². The van der Waals surface area contributed by atoms with Crippen molar-refractivity contribution < 1.29 is 0 Å². The molecule has 1 aromatic rings. The average molecular weight is 382 g/mol. The van der Waals surface area contributed by atoms with Gasteiger partial charge in [-0.3, -0.25) is 15.7 Å². The molecule has 0 atom stereocenters. The highest BCUT2D eigenvalue weighted by atomic mass is 15.2. The number of benzene rings is 1. The van der Waals surface area contributed by atoms with E-state index >= 15 is 0 Å². The highest BCUT2D eigenvalue weighted by molar-refractivity contribution is 6.17. The van der Waals surface area contributed by atoms with Gasteiger partial charge < -0.3 is 0 Å². The Bertz CT molecular complexity index is 965. The summed E-state index contributed by atoms with van der Waals surface area (Å²) in [5.74, 6) is 0.357. The lowest BCUT2D eigenvalue weighted by atomic mass is 10.0. The number of hydrogen-bond acceptors (Lipinski definition) is 2. The Morgan fingerprint density at radius 1 is 1.07 bits per heavy atom. The smallest absolute Gasteiger partial charge is 0.138 e. The molecule has 1 aliphatic rings. The normalized spacial score (nSPS) is 13.6. The van der Waals surface area contributed by atoms with Crippen LogP contribution in [0.15, 0.2) is 110 Å². The number of allylic oxidation sites excluding steroid dienone is 9. The van der Waals surface area contributed by atoms with E-state index in [0.29, 0.717) is 5.70 Å². The van der Waals surface area contributed by atoms with E-state index in [4.69, 9.17) is 10.8 Å². The third-order valence-corrected chi connectivity index (χ3v) is 4.26. The molecule has 0 aromatic heterocycles. The van der Waals surface area contributed by atoms with Gasteiger partial charge in [0.15, 0.2) is 0 Å². The lowest BCUT2D eigenvalue weighted by Crippen LogP contribution is -2.34. The molecule has 0 saturated heterocycles. The SMILES string of the molecule is C=Cc1ccccc1C(=C)N(C(=N)/C=C/C=C\C=C/C)C(=N)C1=CC=CCC=C1. The van der Waals surface area contributed by atoms with Crippen LogP contribution in [0.2, 0.25) is 0 Å². The summed E-state index contributed by atoms with van der Waals surface area (Å²) in [4.78, 5) is 1.55. The van der Waals surface area contributed by atoms with Crippen molar-refractivity contribution in [2.75, 3.05) is 0 Å². The van der Waals surface area contributed by atoms with Gasteiger partial charge in [0.25, 0.3) is 0 Å². The fourth-order valence-corrected chi connectivity index (χ4v) is 2.79. The zero-order valence-corrected chi connectivity index (χ0v) is 16.8. The van der Waals surface area contributed by atoms with Crippen molar-refractivity contribution in [2.24, 2.45) is 0 Å². The van der Waals surface area contributed by atoms with Gasteiger partial charge in [0.05, 0.1) is 0 Å². The van der Waals surface area contributed by atoms with Crippen LogP contribution in [0.1, 0.15) is 24.5 Å². The van der Waals surface area contributed by atoms with Gasteiger partial charge in [-0.25, -0.2) is 0 Å². The van der Waals surface area contributed by atoms with Crippen molar-refractivity contribution in [1.82, 2.24) is 4.90 Å². The topological polar surface area (TPSA) is 50.9 Å². The lowest BCUT2D eigenvalue weighted by molar-refractivity contribution is 0.848. The van der Waals surface area contributed by atoms with Crippen LogP contribution in [0.4, 0.5) is 0 Å². The van der Waals surface area contributed by atoms with E-state index in [2.05, 4.69) is 13.2 Å². The van der Waals surface area contributed by atoms with E-state index < -0.39 is 0 Å². The van der Waals surface area contributed by atoms with Gasteiger partial charge in [0.2, 0.25) is 0 Å². The van der Waals surface area contributed by atoms with Gasteiger partial charge in [-0.1, -0.05) is 104 Å². The maximum atomic E-state index is 8.80. The predicted octanol–water partition coefficient (Wildman–Crippen LogP) is 6.69. The number of rotatable bonds is 7. The number of nitrogens with zero attached hydrogens (tertiary/aromatic N) is 1. The van der Waals surface area contributed by atoms with Crippen LogP contribution >= 0.6 is 0 Å². The maximum Gasteiger partial charge on any atom is 0.138 e. The minimum Gasteiger partial charge on any atom is -0.284 e. The van der Waals surface area contributed by atoms with Crippen molar-refractivity contribution in [2.45, 2.75) is 13.3 Å². The molecule has 2 N–H and O–H groups in total. The van der Waals surface area contributed by atoms with Crippen LogP contribution in [0, 0.1) is 10.8 Å². The highest BCUT2D eigenvalue weighted by Gasteiger charge is 2.21. The molecule has 0 spiro atoms. The molecular formula is C26H27N3. The van der Waals surface area contributed by atoms with Crippen molar-refractivity contribution in [3.63, 3.8) is 0 Å². The third-order valence-electron chi connectivity index (χ3n) is 4.26. The molecule has 1 aliphatic carbocycles. The summed E-state index contributed by atoms with van der Waals surface area (Å²) in [6.07, 6.45) is 23.4. The van der Waals surface area contributed by atoms with E-state index in [9.17, 15) is 0 Å². The third kappa shape index (κ3) is 5.88. The first-order valence-electron chi connectivity index (χ1n) is 9.48. The van der Waals surface area contributed by atoms with E-state index in [1.54, 1.807) is 23.1 Å². The summed E-state index contributed by atoms with van der Waals surface area (Å²) < 4.78 is 0. The molecule has 0 bridgehead atoms. The second-order valence-corrected chi connectivity index (χ2v) is 6.27. The summed E-state index contributed by atoms with van der Waals surface area (Å²) in [5.41, 5.74) is 3.02. The van der Waals surface area contributed by atoms with E-state index in [-0.39, 0.29) is 11.7 Å². The molecule has 2 rings (SSSR count). The first-order valence-corrected chi connectivity index (χ1v) is 9.48. The molecule has 0 amide bonds. The van der Waals surface area contributed by atoms with Gasteiger partial charge in [0, 0.05) is 16.8 Å². The fourth-order valence-electron chi connectivity index (χ4n) is 2.79. The molecule has 0 fully saturated rings. The molecule has 0 heterocycles. The summed E-state index contributed by atoms with van der Waals surface area (Å²) in [6.45, 7) is 10.0. The van der Waals surface area contributed by atoms with Gasteiger partial charge in [0.1, 0.15) is 11.7 Å². The molecular weight excluding hydrogens is 354 g/mol. The Kier molecular flexibility index (Phi) is 8.33. The Morgan fingerprint density at radius 3 is 2.59 bits per heavy atom. The Labute approximate surface area is 173 Å². The minimum absolute atomic E-state index is 0.159. The van der Waals surface area contributed by atoms with Crippen LogP contribution in [-0.2, 0) is 0 Å². The molecule has 1 aromatic carbocycles. The summed E-state index contributed by atoms with van der Waals surface area (Å²) in [6, 6.07) is 7.73. The van der Waals surface area contributed by atoms with Crippen molar-refractivity contribution >= 4 is 23.4 Å². The second kappa shape index (κ2) is 11.2. The van der Waals surface area contributed by atoms with Gasteiger partial charge >= 0.3 is 0 Å².